The number of carbonyl (C=O) groups is 2. The first kappa shape index (κ1) is 25.1. The molecule has 6 atom stereocenters. The summed E-state index contributed by atoms with van der Waals surface area (Å²) in [7, 11) is 0. The van der Waals surface area contributed by atoms with Crippen molar-refractivity contribution in [1.29, 1.82) is 0 Å². The van der Waals surface area contributed by atoms with Crippen molar-refractivity contribution in [3.05, 3.63) is 108 Å². The summed E-state index contributed by atoms with van der Waals surface area (Å²) >= 11 is 0. The largest absolute Gasteiger partial charge is 0.453 e. The maximum Gasteiger partial charge on any atom is 0.338 e. The van der Waals surface area contributed by atoms with Crippen molar-refractivity contribution in [2.75, 3.05) is 6.61 Å². The summed E-state index contributed by atoms with van der Waals surface area (Å²) in [6.07, 6.45) is -3.77. The summed E-state index contributed by atoms with van der Waals surface area (Å²) in [5.41, 5.74) is 2.15. The van der Waals surface area contributed by atoms with Crippen molar-refractivity contribution in [3.63, 3.8) is 0 Å². The Morgan fingerprint density at radius 1 is 0.892 bits per heavy atom. The molecular weight excluding hydrogens is 474 g/mol. The van der Waals surface area contributed by atoms with Gasteiger partial charge in [-0.3, -0.25) is 4.79 Å². The van der Waals surface area contributed by atoms with Crippen LogP contribution < -0.4 is 5.32 Å². The number of nitrogens with one attached hydrogen (secondary N) is 1. The van der Waals surface area contributed by atoms with Gasteiger partial charge in [0.2, 0.25) is 5.91 Å². The van der Waals surface area contributed by atoms with Crippen LogP contribution in [-0.4, -0.2) is 49.1 Å². The van der Waals surface area contributed by atoms with Crippen molar-refractivity contribution < 1.29 is 33.3 Å². The van der Waals surface area contributed by atoms with Crippen molar-refractivity contribution in [2.24, 2.45) is 0 Å². The lowest BCUT2D eigenvalue weighted by molar-refractivity contribution is -0.344. The van der Waals surface area contributed by atoms with Gasteiger partial charge < -0.3 is 29.0 Å². The molecule has 37 heavy (non-hydrogen) atoms. The van der Waals surface area contributed by atoms with Gasteiger partial charge in [-0.05, 0) is 17.7 Å². The number of hydrogen-bond donors (Lipinski definition) is 1. The minimum absolute atomic E-state index is 0.196. The van der Waals surface area contributed by atoms with Crippen LogP contribution in [0.1, 0.15) is 34.7 Å². The van der Waals surface area contributed by atoms with Crippen molar-refractivity contribution in [1.82, 2.24) is 5.32 Å². The Bertz CT molecular complexity index is 1170. The fourth-order valence-electron chi connectivity index (χ4n) is 4.54. The van der Waals surface area contributed by atoms with Gasteiger partial charge in [-0.1, -0.05) is 78.9 Å². The van der Waals surface area contributed by atoms with E-state index in [4.69, 9.17) is 23.7 Å². The molecule has 0 radical (unpaired) electrons. The third kappa shape index (κ3) is 6.06. The lowest BCUT2D eigenvalue weighted by atomic mass is 9.95. The van der Waals surface area contributed by atoms with Crippen LogP contribution in [0.2, 0.25) is 0 Å². The molecule has 0 unspecified atom stereocenters. The highest BCUT2D eigenvalue weighted by Gasteiger charge is 2.52. The molecule has 2 aliphatic heterocycles. The van der Waals surface area contributed by atoms with Crippen LogP contribution in [-0.2, 0) is 35.1 Å². The van der Waals surface area contributed by atoms with Crippen LogP contribution in [0, 0.1) is 0 Å². The van der Waals surface area contributed by atoms with E-state index in [0.29, 0.717) is 5.56 Å². The Morgan fingerprint density at radius 3 is 2.22 bits per heavy atom. The summed E-state index contributed by atoms with van der Waals surface area (Å²) in [5, 5.41) is 2.88. The highest BCUT2D eigenvalue weighted by atomic mass is 16.8. The van der Waals surface area contributed by atoms with E-state index in [1.165, 1.54) is 6.92 Å². The van der Waals surface area contributed by atoms with E-state index in [9.17, 15) is 9.59 Å². The maximum absolute atomic E-state index is 13.2. The monoisotopic (exact) mass is 503 g/mol. The maximum atomic E-state index is 13.2. The zero-order chi connectivity index (χ0) is 25.6. The minimum atomic E-state index is -0.903. The number of fused-ring (bicyclic) bond motifs is 1. The number of hydrogen-bond acceptors (Lipinski definition) is 7. The van der Waals surface area contributed by atoms with E-state index < -0.39 is 42.9 Å². The second kappa shape index (κ2) is 11.7. The Morgan fingerprint density at radius 2 is 1.54 bits per heavy atom. The Kier molecular flexibility index (Phi) is 7.91. The Balaban J connectivity index is 1.43. The number of ether oxygens (including phenoxy) is 5. The molecule has 0 saturated carbocycles. The predicted octanol–water partition coefficient (Wildman–Crippen LogP) is 3.77. The molecule has 2 fully saturated rings. The third-order valence-corrected chi connectivity index (χ3v) is 6.29. The molecule has 192 valence electrons. The number of rotatable bonds is 7. The lowest BCUT2D eigenvalue weighted by Crippen LogP contribution is -2.67. The molecule has 0 aliphatic carbocycles. The molecule has 1 N–H and O–H groups in total. The molecule has 2 aliphatic rings. The minimum Gasteiger partial charge on any atom is -0.453 e. The van der Waals surface area contributed by atoms with Gasteiger partial charge in [0.05, 0.1) is 18.8 Å². The normalized spacial score (nSPS) is 27.1. The standard InChI is InChI=1S/C29H29NO7/c1-19(31)30-24-26(36-27(32)21-13-7-3-8-14-21)25-23(18-34-28(37-25)22-15-9-4-10-16-22)35-29(24)33-17-20-11-5-2-6-12-20/h2-16,23-26,28-29H,17-18H2,1H3,(H,30,31)/t23-,24+,25+,26-,28+,29+/m1/s1. The van der Waals surface area contributed by atoms with E-state index in [1.54, 1.807) is 24.3 Å². The lowest BCUT2D eigenvalue weighted by Gasteiger charge is -2.48. The average molecular weight is 504 g/mol. The van der Waals surface area contributed by atoms with E-state index in [2.05, 4.69) is 5.32 Å². The van der Waals surface area contributed by atoms with Crippen LogP contribution in [0.15, 0.2) is 91.0 Å². The highest BCUT2D eigenvalue weighted by molar-refractivity contribution is 5.89. The average Bonchev–Trinajstić information content (AvgIpc) is 2.94. The molecule has 5 rings (SSSR count). The summed E-state index contributed by atoms with van der Waals surface area (Å²) in [4.78, 5) is 25.4. The van der Waals surface area contributed by atoms with Gasteiger partial charge in [-0.15, -0.1) is 0 Å². The van der Waals surface area contributed by atoms with Crippen molar-refractivity contribution >= 4 is 11.9 Å². The van der Waals surface area contributed by atoms with Gasteiger partial charge >= 0.3 is 5.97 Å². The van der Waals surface area contributed by atoms with Gasteiger partial charge in [0.1, 0.15) is 18.2 Å². The first-order valence-electron chi connectivity index (χ1n) is 12.2. The highest BCUT2D eigenvalue weighted by Crippen LogP contribution is 2.36. The van der Waals surface area contributed by atoms with Crippen molar-refractivity contribution in [3.8, 4) is 0 Å². The first-order valence-corrected chi connectivity index (χ1v) is 12.2. The molecule has 2 saturated heterocycles. The van der Waals surface area contributed by atoms with E-state index in [0.717, 1.165) is 11.1 Å². The smallest absolute Gasteiger partial charge is 0.338 e. The summed E-state index contributed by atoms with van der Waals surface area (Å²) < 4.78 is 30.7. The quantitative estimate of drug-likeness (QED) is 0.491. The molecule has 0 spiro atoms. The molecule has 3 aromatic rings. The third-order valence-electron chi connectivity index (χ3n) is 6.29. The molecule has 3 aromatic carbocycles. The Hall–Kier alpha value is -3.56. The summed E-state index contributed by atoms with van der Waals surface area (Å²) in [5.74, 6) is -0.845. The van der Waals surface area contributed by atoms with E-state index in [1.807, 2.05) is 66.7 Å². The van der Waals surface area contributed by atoms with Crippen LogP contribution >= 0.6 is 0 Å². The molecule has 2 heterocycles. The number of benzene rings is 3. The fraction of sp³-hybridized carbons (Fsp3) is 0.310. The zero-order valence-electron chi connectivity index (χ0n) is 20.4. The number of carbonyl (C=O) groups excluding carboxylic acids is 2. The fourth-order valence-corrected chi connectivity index (χ4v) is 4.54. The number of amides is 1. The second-order valence-electron chi connectivity index (χ2n) is 8.98. The van der Waals surface area contributed by atoms with E-state index in [-0.39, 0.29) is 19.1 Å². The topological polar surface area (TPSA) is 92.3 Å². The molecule has 1 amide bonds. The molecule has 0 aromatic heterocycles. The zero-order valence-corrected chi connectivity index (χ0v) is 20.4. The van der Waals surface area contributed by atoms with Crippen LogP contribution in [0.4, 0.5) is 0 Å². The molecule has 8 heteroatoms. The van der Waals surface area contributed by atoms with Gasteiger partial charge in [0.25, 0.3) is 0 Å². The van der Waals surface area contributed by atoms with Gasteiger partial charge in [-0.25, -0.2) is 4.79 Å². The van der Waals surface area contributed by atoms with Gasteiger partial charge in [0, 0.05) is 12.5 Å². The molecular formula is C29H29NO7. The number of esters is 1. The summed E-state index contributed by atoms with van der Waals surface area (Å²) in [6.45, 7) is 1.84. The van der Waals surface area contributed by atoms with Crippen LogP contribution in [0.25, 0.3) is 0 Å². The van der Waals surface area contributed by atoms with Crippen LogP contribution in [0.3, 0.4) is 0 Å². The predicted molar refractivity (Wildman–Crippen MR) is 133 cm³/mol. The molecule has 0 bridgehead atoms. The van der Waals surface area contributed by atoms with Crippen molar-refractivity contribution in [2.45, 2.75) is 50.5 Å². The summed E-state index contributed by atoms with van der Waals surface area (Å²) in [6, 6.07) is 27.0. The molecule has 8 nitrogen and oxygen atoms in total. The first-order chi connectivity index (χ1) is 18.1. The van der Waals surface area contributed by atoms with Gasteiger partial charge in [-0.2, -0.15) is 0 Å². The van der Waals surface area contributed by atoms with Crippen LogP contribution in [0.5, 0.6) is 0 Å². The SMILES string of the molecule is CC(=O)N[C@@H]1[C@@H](OCc2ccccc2)O[C@@H]2CO[C@H](c3ccccc3)O[C@@H]2[C@@H]1OC(=O)c1ccccc1. The Labute approximate surface area is 215 Å². The van der Waals surface area contributed by atoms with Gasteiger partial charge in [0.15, 0.2) is 18.7 Å². The second-order valence-corrected chi connectivity index (χ2v) is 8.98. The van der Waals surface area contributed by atoms with E-state index >= 15 is 0 Å².